The molecule has 156 valence electrons. The van der Waals surface area contributed by atoms with Crippen LogP contribution in [0.15, 0.2) is 97.1 Å². The van der Waals surface area contributed by atoms with Gasteiger partial charge in [0.1, 0.15) is 11.5 Å². The van der Waals surface area contributed by atoms with Crippen LogP contribution in [0, 0.1) is 0 Å². The lowest BCUT2D eigenvalue weighted by molar-refractivity contribution is 0.417. The molecule has 0 saturated carbocycles. The zero-order valence-corrected chi connectivity index (χ0v) is 20.1. The van der Waals surface area contributed by atoms with E-state index in [2.05, 4.69) is 0 Å². The van der Waals surface area contributed by atoms with E-state index < -0.39 is 8.56 Å². The van der Waals surface area contributed by atoms with Crippen LogP contribution < -0.4 is 19.2 Å². The van der Waals surface area contributed by atoms with E-state index in [0.29, 0.717) is 31.6 Å². The van der Waals surface area contributed by atoms with Gasteiger partial charge in [0.2, 0.25) is 0 Å². The van der Waals surface area contributed by atoms with Gasteiger partial charge >= 0.3 is 8.56 Å². The summed E-state index contributed by atoms with van der Waals surface area (Å²) in [6.45, 7) is 0. The molecule has 0 aliphatic rings. The molecular formula is C24H16Cl4O2Si. The fourth-order valence-corrected chi connectivity index (χ4v) is 7.27. The van der Waals surface area contributed by atoms with E-state index in [1.165, 1.54) is 0 Å². The Kier molecular flexibility index (Phi) is 6.80. The molecule has 0 atom stereocenters. The first-order valence-electron chi connectivity index (χ1n) is 9.37. The van der Waals surface area contributed by atoms with Crippen LogP contribution in [0.25, 0.3) is 0 Å². The molecule has 4 aromatic carbocycles. The van der Waals surface area contributed by atoms with Crippen molar-refractivity contribution >= 4 is 65.3 Å². The molecule has 0 aliphatic heterocycles. The van der Waals surface area contributed by atoms with Crippen molar-refractivity contribution in [3.05, 3.63) is 117 Å². The van der Waals surface area contributed by atoms with Gasteiger partial charge in [0.25, 0.3) is 0 Å². The van der Waals surface area contributed by atoms with Crippen LogP contribution in [-0.2, 0) is 0 Å². The summed E-state index contributed by atoms with van der Waals surface area (Å²) in [6.07, 6.45) is 0. The molecular weight excluding hydrogens is 490 g/mol. The van der Waals surface area contributed by atoms with Crippen molar-refractivity contribution in [3.63, 3.8) is 0 Å². The van der Waals surface area contributed by atoms with Crippen LogP contribution in [0.5, 0.6) is 11.5 Å². The van der Waals surface area contributed by atoms with Crippen molar-refractivity contribution < 1.29 is 8.85 Å². The van der Waals surface area contributed by atoms with Crippen LogP contribution in [0.2, 0.25) is 20.1 Å². The zero-order chi connectivity index (χ0) is 21.8. The summed E-state index contributed by atoms with van der Waals surface area (Å²) in [5.41, 5.74) is 0. The van der Waals surface area contributed by atoms with Gasteiger partial charge in [0.05, 0.1) is 10.0 Å². The Balaban J connectivity index is 1.94. The fraction of sp³-hybridized carbons (Fsp3) is 0. The maximum absolute atomic E-state index is 6.68. The summed E-state index contributed by atoms with van der Waals surface area (Å²) in [6, 6.07) is 29.8. The third-order valence-corrected chi connectivity index (χ3v) is 8.87. The van der Waals surface area contributed by atoms with Crippen molar-refractivity contribution in [2.45, 2.75) is 0 Å². The Morgan fingerprint density at radius 3 is 1.23 bits per heavy atom. The highest BCUT2D eigenvalue weighted by molar-refractivity contribution is 6.93. The van der Waals surface area contributed by atoms with Gasteiger partial charge in [-0.1, -0.05) is 107 Å². The highest BCUT2D eigenvalue weighted by Gasteiger charge is 2.48. The minimum absolute atomic E-state index is 0.391. The molecule has 7 heteroatoms. The average molecular weight is 506 g/mol. The smallest absolute Gasteiger partial charge is 0.504 e. The normalized spacial score (nSPS) is 11.2. The van der Waals surface area contributed by atoms with E-state index >= 15 is 0 Å². The van der Waals surface area contributed by atoms with Crippen LogP contribution >= 0.6 is 46.4 Å². The molecule has 0 heterocycles. The summed E-state index contributed by atoms with van der Waals surface area (Å²) >= 11 is 25.2. The van der Waals surface area contributed by atoms with Gasteiger partial charge in [-0.15, -0.1) is 0 Å². The molecule has 0 aliphatic carbocycles. The van der Waals surface area contributed by atoms with E-state index in [1.54, 1.807) is 36.4 Å². The van der Waals surface area contributed by atoms with Crippen LogP contribution in [-0.4, -0.2) is 8.56 Å². The SMILES string of the molecule is Clc1ccc(O[Si](Oc2ccc(Cl)cc2Cl)(c2ccccc2)c2ccccc2)c(Cl)c1. The van der Waals surface area contributed by atoms with Crippen LogP contribution in [0.1, 0.15) is 0 Å². The molecule has 2 nitrogen and oxygen atoms in total. The second-order valence-corrected chi connectivity index (χ2v) is 11.2. The van der Waals surface area contributed by atoms with Crippen LogP contribution in [0.4, 0.5) is 0 Å². The second-order valence-electron chi connectivity index (χ2n) is 6.70. The monoisotopic (exact) mass is 504 g/mol. The number of hydrogen-bond donors (Lipinski definition) is 0. The molecule has 4 rings (SSSR count). The maximum Gasteiger partial charge on any atom is 0.531 e. The first kappa shape index (κ1) is 22.1. The number of benzene rings is 4. The highest BCUT2D eigenvalue weighted by atomic mass is 35.5. The predicted molar refractivity (Wildman–Crippen MR) is 132 cm³/mol. The number of hydrogen-bond acceptors (Lipinski definition) is 2. The maximum atomic E-state index is 6.68. The van der Waals surface area contributed by atoms with Crippen molar-refractivity contribution in [3.8, 4) is 11.5 Å². The van der Waals surface area contributed by atoms with Crippen LogP contribution in [0.3, 0.4) is 0 Å². The molecule has 4 aromatic rings. The standard InChI is InChI=1S/C24H16Cl4O2Si/c25-17-11-13-23(21(27)15-17)29-31(19-7-3-1-4-8-19,20-9-5-2-6-10-20)30-24-14-12-18(26)16-22(24)28/h1-16H. The van der Waals surface area contributed by atoms with Gasteiger partial charge in [0.15, 0.2) is 0 Å². The number of halogens is 4. The molecule has 0 amide bonds. The van der Waals surface area contributed by atoms with Crippen molar-refractivity contribution in [1.29, 1.82) is 0 Å². The summed E-state index contributed by atoms with van der Waals surface area (Å²) < 4.78 is 13.4. The molecule has 0 unspecified atom stereocenters. The lowest BCUT2D eigenvalue weighted by Gasteiger charge is -2.32. The lowest BCUT2D eigenvalue weighted by atomic mass is 10.3. The van der Waals surface area contributed by atoms with E-state index in [9.17, 15) is 0 Å². The second kappa shape index (κ2) is 9.56. The van der Waals surface area contributed by atoms with Gasteiger partial charge in [-0.05, 0) is 36.4 Å². The molecule has 0 N–H and O–H groups in total. The minimum atomic E-state index is -3.38. The van der Waals surface area contributed by atoms with Gasteiger partial charge in [-0.3, -0.25) is 0 Å². The quantitative estimate of drug-likeness (QED) is 0.262. The van der Waals surface area contributed by atoms with Crippen molar-refractivity contribution in [2.75, 3.05) is 0 Å². The highest BCUT2D eigenvalue weighted by Crippen LogP contribution is 2.33. The van der Waals surface area contributed by atoms with Crippen molar-refractivity contribution in [2.24, 2.45) is 0 Å². The van der Waals surface area contributed by atoms with Crippen molar-refractivity contribution in [1.82, 2.24) is 0 Å². The number of rotatable bonds is 6. The molecule has 0 aromatic heterocycles. The van der Waals surface area contributed by atoms with E-state index in [-0.39, 0.29) is 0 Å². The Morgan fingerprint density at radius 2 is 0.871 bits per heavy atom. The average Bonchev–Trinajstić information content (AvgIpc) is 2.78. The third kappa shape index (κ3) is 4.87. The predicted octanol–water partition coefficient (Wildman–Crippen LogP) is 7.01. The molecule has 0 saturated heterocycles. The molecule has 31 heavy (non-hydrogen) atoms. The molecule has 0 bridgehead atoms. The Bertz CT molecular complexity index is 1090. The van der Waals surface area contributed by atoms with Gasteiger partial charge < -0.3 is 8.85 Å². The fourth-order valence-electron chi connectivity index (χ4n) is 3.16. The molecule has 0 radical (unpaired) electrons. The molecule has 0 fully saturated rings. The van der Waals surface area contributed by atoms with E-state index in [1.807, 2.05) is 60.7 Å². The van der Waals surface area contributed by atoms with Gasteiger partial charge in [-0.2, -0.15) is 0 Å². The van der Waals surface area contributed by atoms with Gasteiger partial charge in [0, 0.05) is 20.4 Å². The summed E-state index contributed by atoms with van der Waals surface area (Å²) in [4.78, 5) is 0. The summed E-state index contributed by atoms with van der Waals surface area (Å²) in [7, 11) is -3.38. The van der Waals surface area contributed by atoms with E-state index in [0.717, 1.165) is 10.4 Å². The Morgan fingerprint density at radius 1 is 0.484 bits per heavy atom. The zero-order valence-electron chi connectivity index (χ0n) is 16.1. The Labute approximate surface area is 202 Å². The van der Waals surface area contributed by atoms with E-state index in [4.69, 9.17) is 55.3 Å². The topological polar surface area (TPSA) is 18.5 Å². The minimum Gasteiger partial charge on any atom is -0.504 e. The summed E-state index contributed by atoms with van der Waals surface area (Å²) in [5, 5.41) is 3.59. The van der Waals surface area contributed by atoms with Gasteiger partial charge in [-0.25, -0.2) is 0 Å². The Hall–Kier alpha value is -2.14. The largest absolute Gasteiger partial charge is 0.531 e. The third-order valence-electron chi connectivity index (χ3n) is 4.60. The first-order chi connectivity index (χ1) is 15.0. The first-order valence-corrected chi connectivity index (χ1v) is 12.7. The summed E-state index contributed by atoms with van der Waals surface area (Å²) in [5.74, 6) is 0.936. The molecule has 0 spiro atoms. The lowest BCUT2D eigenvalue weighted by Crippen LogP contribution is -2.68.